The minimum atomic E-state index is -0.899. The van der Waals surface area contributed by atoms with Crippen molar-refractivity contribution in [3.05, 3.63) is 45.1 Å². The van der Waals surface area contributed by atoms with Gasteiger partial charge in [-0.3, -0.25) is 9.36 Å². The highest BCUT2D eigenvalue weighted by atomic mass is 16.5. The van der Waals surface area contributed by atoms with Crippen molar-refractivity contribution in [3.63, 3.8) is 0 Å². The largest absolute Gasteiger partial charge is 0.448 e. The number of nitrogens with zero attached hydrogens (tertiary/aromatic N) is 2. The highest BCUT2D eigenvalue weighted by Crippen LogP contribution is 2.25. The second-order valence-corrected chi connectivity index (χ2v) is 3.97. The summed E-state index contributed by atoms with van der Waals surface area (Å²) in [4.78, 5) is 23.7. The maximum atomic E-state index is 11.9. The van der Waals surface area contributed by atoms with E-state index in [9.17, 15) is 14.8 Å². The number of hydrogen-bond donors (Lipinski definition) is 1. The van der Waals surface area contributed by atoms with Gasteiger partial charge < -0.3 is 9.62 Å². The molecule has 0 aliphatic carbocycles. The van der Waals surface area contributed by atoms with E-state index in [0.717, 1.165) is 4.57 Å². The van der Waals surface area contributed by atoms with Gasteiger partial charge in [-0.2, -0.15) is 0 Å². The standard InChI is InChI=1S/C13H8N2O4/c1-2-7-14-10-8-5-3-4-6-9(8)19-11(10)12(16)15(18)13(14)17/h1,3-6,18H,7H2. The summed E-state index contributed by atoms with van der Waals surface area (Å²) in [6.07, 6.45) is 5.21. The molecule has 1 N–H and O–H groups in total. The summed E-state index contributed by atoms with van der Waals surface area (Å²) in [5, 5.41) is 10.1. The second-order valence-electron chi connectivity index (χ2n) is 3.97. The fourth-order valence-corrected chi connectivity index (χ4v) is 2.08. The summed E-state index contributed by atoms with van der Waals surface area (Å²) < 4.78 is 6.51. The molecule has 6 nitrogen and oxygen atoms in total. The van der Waals surface area contributed by atoms with Gasteiger partial charge in [-0.1, -0.05) is 22.8 Å². The lowest BCUT2D eigenvalue weighted by atomic mass is 10.2. The molecule has 0 amide bonds. The quantitative estimate of drug-likeness (QED) is 0.515. The molecule has 0 fully saturated rings. The van der Waals surface area contributed by atoms with E-state index >= 15 is 0 Å². The summed E-state index contributed by atoms with van der Waals surface area (Å²) in [5.41, 5.74) is -1.13. The van der Waals surface area contributed by atoms with Crippen LogP contribution in [0.5, 0.6) is 0 Å². The first kappa shape index (κ1) is 11.2. The molecule has 94 valence electrons. The van der Waals surface area contributed by atoms with Crippen molar-refractivity contribution in [2.24, 2.45) is 0 Å². The molecule has 0 saturated heterocycles. The molecule has 3 rings (SSSR count). The van der Waals surface area contributed by atoms with Gasteiger partial charge in [-0.15, -0.1) is 6.42 Å². The molecule has 0 saturated carbocycles. The van der Waals surface area contributed by atoms with Gasteiger partial charge in [0.05, 0.1) is 6.54 Å². The summed E-state index contributed by atoms with van der Waals surface area (Å²) >= 11 is 0. The fraction of sp³-hybridized carbons (Fsp3) is 0.0769. The molecule has 2 aromatic heterocycles. The van der Waals surface area contributed by atoms with Crippen LogP contribution in [-0.2, 0) is 6.54 Å². The van der Waals surface area contributed by atoms with Crippen LogP contribution in [0.4, 0.5) is 0 Å². The molecule has 0 spiro atoms. The summed E-state index contributed by atoms with van der Waals surface area (Å²) in [6, 6.07) is 6.88. The van der Waals surface area contributed by atoms with E-state index in [-0.39, 0.29) is 16.9 Å². The zero-order valence-corrected chi connectivity index (χ0v) is 9.66. The van der Waals surface area contributed by atoms with Crippen LogP contribution in [0.15, 0.2) is 38.3 Å². The van der Waals surface area contributed by atoms with Crippen LogP contribution in [-0.4, -0.2) is 14.5 Å². The van der Waals surface area contributed by atoms with Crippen molar-refractivity contribution in [2.75, 3.05) is 0 Å². The molecule has 0 unspecified atom stereocenters. The minimum absolute atomic E-state index is 0.00204. The maximum absolute atomic E-state index is 11.9. The Kier molecular flexibility index (Phi) is 2.22. The molecule has 0 aliphatic rings. The molecule has 19 heavy (non-hydrogen) atoms. The highest BCUT2D eigenvalue weighted by molar-refractivity contribution is 6.02. The number of fused-ring (bicyclic) bond motifs is 3. The summed E-state index contributed by atoms with van der Waals surface area (Å²) in [7, 11) is 0. The number of terminal acetylenes is 1. The highest BCUT2D eigenvalue weighted by Gasteiger charge is 2.18. The van der Waals surface area contributed by atoms with Crippen molar-refractivity contribution < 1.29 is 9.62 Å². The second kappa shape index (κ2) is 3.78. The molecule has 0 atom stereocenters. The number of rotatable bonds is 1. The van der Waals surface area contributed by atoms with Crippen molar-refractivity contribution in [3.8, 4) is 12.3 Å². The molecule has 1 aromatic carbocycles. The van der Waals surface area contributed by atoms with Gasteiger partial charge in [0.15, 0.2) is 0 Å². The predicted octanol–water partition coefficient (Wildman–Crippen LogP) is 0.780. The lowest BCUT2D eigenvalue weighted by Gasteiger charge is -2.04. The van der Waals surface area contributed by atoms with E-state index in [0.29, 0.717) is 16.5 Å². The third-order valence-electron chi connectivity index (χ3n) is 2.89. The molecule has 0 radical (unpaired) electrons. The third kappa shape index (κ3) is 1.39. The van der Waals surface area contributed by atoms with Gasteiger partial charge in [0.2, 0.25) is 5.58 Å². The van der Waals surface area contributed by atoms with E-state index in [1.807, 2.05) is 0 Å². The molecule has 2 heterocycles. The van der Waals surface area contributed by atoms with Gasteiger partial charge in [-0.05, 0) is 12.1 Å². The molecule has 0 bridgehead atoms. The van der Waals surface area contributed by atoms with Crippen molar-refractivity contribution >= 4 is 22.1 Å². The van der Waals surface area contributed by atoms with Gasteiger partial charge in [0, 0.05) is 5.39 Å². The topological polar surface area (TPSA) is 77.4 Å². The van der Waals surface area contributed by atoms with Crippen LogP contribution >= 0.6 is 0 Å². The zero-order chi connectivity index (χ0) is 13.6. The Hall–Kier alpha value is -2.94. The summed E-state index contributed by atoms with van der Waals surface area (Å²) in [5.74, 6) is 2.31. The average molecular weight is 256 g/mol. The molecular weight excluding hydrogens is 248 g/mol. The first-order valence-electron chi connectivity index (χ1n) is 5.45. The Labute approximate surface area is 106 Å². The predicted molar refractivity (Wildman–Crippen MR) is 68.3 cm³/mol. The monoisotopic (exact) mass is 256 g/mol. The van der Waals surface area contributed by atoms with Gasteiger partial charge in [0.25, 0.3) is 0 Å². The van der Waals surface area contributed by atoms with Crippen molar-refractivity contribution in [1.29, 1.82) is 0 Å². The number of para-hydroxylation sites is 1. The minimum Gasteiger partial charge on any atom is -0.448 e. The van der Waals surface area contributed by atoms with Crippen molar-refractivity contribution in [2.45, 2.75) is 6.54 Å². The lowest BCUT2D eigenvalue weighted by Crippen LogP contribution is -2.38. The zero-order valence-electron chi connectivity index (χ0n) is 9.66. The number of aromatic nitrogens is 2. The van der Waals surface area contributed by atoms with Gasteiger partial charge in [-0.25, -0.2) is 4.79 Å². The van der Waals surface area contributed by atoms with Gasteiger partial charge in [0.1, 0.15) is 11.1 Å². The summed E-state index contributed by atoms with van der Waals surface area (Å²) in [6.45, 7) is -0.0697. The van der Waals surface area contributed by atoms with E-state index < -0.39 is 11.2 Å². The van der Waals surface area contributed by atoms with E-state index in [4.69, 9.17) is 10.8 Å². The number of hydrogen-bond acceptors (Lipinski definition) is 4. The first-order chi connectivity index (χ1) is 9.15. The van der Waals surface area contributed by atoms with Gasteiger partial charge >= 0.3 is 11.2 Å². The smallest absolute Gasteiger partial charge is 0.366 e. The van der Waals surface area contributed by atoms with Crippen LogP contribution < -0.4 is 11.2 Å². The normalized spacial score (nSPS) is 10.9. The molecule has 3 aromatic rings. The Balaban J connectivity index is 2.69. The van der Waals surface area contributed by atoms with Crippen LogP contribution in [0.1, 0.15) is 0 Å². The van der Waals surface area contributed by atoms with Crippen LogP contribution in [0.3, 0.4) is 0 Å². The fourth-order valence-electron chi connectivity index (χ4n) is 2.08. The Morgan fingerprint density at radius 3 is 2.79 bits per heavy atom. The molecular formula is C13H8N2O4. The van der Waals surface area contributed by atoms with E-state index in [1.54, 1.807) is 24.3 Å². The van der Waals surface area contributed by atoms with Crippen LogP contribution in [0.25, 0.3) is 22.1 Å². The first-order valence-corrected chi connectivity index (χ1v) is 5.45. The number of furan rings is 1. The Morgan fingerprint density at radius 1 is 1.32 bits per heavy atom. The average Bonchev–Trinajstić information content (AvgIpc) is 2.81. The molecule has 6 heteroatoms. The van der Waals surface area contributed by atoms with E-state index in [1.165, 1.54) is 0 Å². The molecule has 0 aliphatic heterocycles. The SMILES string of the molecule is C#CCn1c(=O)n(O)c(=O)c2oc3ccccc3c21. The number of benzene rings is 1. The lowest BCUT2D eigenvalue weighted by molar-refractivity contribution is 0.157. The Bertz CT molecular complexity index is 953. The Morgan fingerprint density at radius 2 is 2.05 bits per heavy atom. The maximum Gasteiger partial charge on any atom is 0.366 e. The van der Waals surface area contributed by atoms with Crippen molar-refractivity contribution in [1.82, 2.24) is 9.30 Å². The van der Waals surface area contributed by atoms with Crippen LogP contribution in [0.2, 0.25) is 0 Å². The third-order valence-corrected chi connectivity index (χ3v) is 2.89. The van der Waals surface area contributed by atoms with Crippen LogP contribution in [0, 0.1) is 12.3 Å². The van der Waals surface area contributed by atoms with E-state index in [2.05, 4.69) is 5.92 Å².